The summed E-state index contributed by atoms with van der Waals surface area (Å²) in [6.07, 6.45) is 9.18. The van der Waals surface area contributed by atoms with Gasteiger partial charge < -0.3 is 4.74 Å². The van der Waals surface area contributed by atoms with Crippen LogP contribution in [-0.2, 0) is 9.53 Å². The van der Waals surface area contributed by atoms with Crippen molar-refractivity contribution in [2.75, 3.05) is 6.61 Å². The number of rotatable bonds is 0. The van der Waals surface area contributed by atoms with Gasteiger partial charge in [-0.25, -0.2) is 0 Å². The lowest BCUT2D eigenvalue weighted by atomic mass is 10.1. The third-order valence-corrected chi connectivity index (χ3v) is 3.78. The van der Waals surface area contributed by atoms with Gasteiger partial charge in [-0.3, -0.25) is 4.79 Å². The summed E-state index contributed by atoms with van der Waals surface area (Å²) in [7, 11) is 0. The van der Waals surface area contributed by atoms with Gasteiger partial charge in [0.2, 0.25) is 0 Å². The zero-order chi connectivity index (χ0) is 12.3. The van der Waals surface area contributed by atoms with Gasteiger partial charge in [0.25, 0.3) is 0 Å². The van der Waals surface area contributed by atoms with Crippen LogP contribution < -0.4 is 0 Å². The molecule has 0 aromatic heterocycles. The Morgan fingerprint density at radius 3 is 2.59 bits per heavy atom. The Balaban J connectivity index is 2.31. The average molecular weight is 348 g/mol. The van der Waals surface area contributed by atoms with Gasteiger partial charge in [-0.15, -0.1) is 11.8 Å². The molecule has 0 saturated carbocycles. The van der Waals surface area contributed by atoms with Gasteiger partial charge in [0, 0.05) is 23.2 Å². The minimum absolute atomic E-state index is 0.0298. The molecule has 0 bridgehead atoms. The lowest BCUT2D eigenvalue weighted by Gasteiger charge is -2.09. The number of carbonyl (C=O) groups excluding carboxylic acids is 1. The fraction of sp³-hybridized carbons (Fsp3) is 0.786. The highest BCUT2D eigenvalue weighted by atomic mass is 127. The summed E-state index contributed by atoms with van der Waals surface area (Å²) in [6, 6.07) is 0. The SMILES string of the molecule is O=C1CCCCCCC#CCCCC(I)CO1. The van der Waals surface area contributed by atoms with Gasteiger partial charge in [0.15, 0.2) is 0 Å². The van der Waals surface area contributed by atoms with Gasteiger partial charge >= 0.3 is 5.97 Å². The van der Waals surface area contributed by atoms with E-state index in [0.29, 0.717) is 17.0 Å². The average Bonchev–Trinajstić information content (AvgIpc) is 2.33. The molecule has 0 amide bonds. The van der Waals surface area contributed by atoms with E-state index in [1.807, 2.05) is 0 Å². The Morgan fingerprint density at radius 1 is 1.06 bits per heavy atom. The second-order valence-electron chi connectivity index (χ2n) is 4.44. The molecule has 1 aliphatic heterocycles. The Morgan fingerprint density at radius 2 is 1.76 bits per heavy atom. The number of hydrogen-bond donors (Lipinski definition) is 0. The Kier molecular flexibility index (Phi) is 8.50. The molecule has 2 nitrogen and oxygen atoms in total. The van der Waals surface area contributed by atoms with Gasteiger partial charge in [-0.05, 0) is 25.7 Å². The van der Waals surface area contributed by atoms with Crippen LogP contribution in [-0.4, -0.2) is 16.5 Å². The highest BCUT2D eigenvalue weighted by molar-refractivity contribution is 14.1. The first-order valence-corrected chi connectivity index (χ1v) is 7.79. The van der Waals surface area contributed by atoms with Crippen molar-refractivity contribution in [1.29, 1.82) is 0 Å². The highest BCUT2D eigenvalue weighted by Crippen LogP contribution is 2.12. The number of alkyl halides is 1. The Labute approximate surface area is 118 Å². The monoisotopic (exact) mass is 348 g/mol. The first-order chi connectivity index (χ1) is 8.29. The first kappa shape index (κ1) is 14.8. The fourth-order valence-electron chi connectivity index (χ4n) is 1.76. The molecule has 0 N–H and O–H groups in total. The lowest BCUT2D eigenvalue weighted by molar-refractivity contribution is -0.143. The van der Waals surface area contributed by atoms with Crippen LogP contribution in [0.2, 0.25) is 0 Å². The van der Waals surface area contributed by atoms with Crippen LogP contribution >= 0.6 is 22.6 Å². The van der Waals surface area contributed by atoms with Crippen molar-refractivity contribution in [3.05, 3.63) is 0 Å². The van der Waals surface area contributed by atoms with Crippen LogP contribution in [0.3, 0.4) is 0 Å². The maximum Gasteiger partial charge on any atom is 0.305 e. The molecule has 17 heavy (non-hydrogen) atoms. The number of carbonyl (C=O) groups is 1. The summed E-state index contributed by atoms with van der Waals surface area (Å²) in [6.45, 7) is 0.562. The fourth-order valence-corrected chi connectivity index (χ4v) is 2.38. The first-order valence-electron chi connectivity index (χ1n) is 6.54. The molecule has 1 atom stereocenters. The molecule has 0 aromatic carbocycles. The molecule has 0 aromatic rings. The predicted molar refractivity (Wildman–Crippen MR) is 78.1 cm³/mol. The highest BCUT2D eigenvalue weighted by Gasteiger charge is 2.08. The van der Waals surface area contributed by atoms with E-state index >= 15 is 0 Å². The topological polar surface area (TPSA) is 26.3 Å². The zero-order valence-corrected chi connectivity index (χ0v) is 12.5. The maximum absolute atomic E-state index is 11.4. The van der Waals surface area contributed by atoms with Crippen LogP contribution in [0.5, 0.6) is 0 Å². The molecule has 1 heterocycles. The van der Waals surface area contributed by atoms with Gasteiger partial charge in [-0.2, -0.15) is 0 Å². The van der Waals surface area contributed by atoms with Crippen molar-refractivity contribution in [2.24, 2.45) is 0 Å². The normalized spacial score (nSPS) is 24.8. The molecule has 0 radical (unpaired) electrons. The third kappa shape index (κ3) is 8.48. The molecular weight excluding hydrogens is 327 g/mol. The number of cyclic esters (lactones) is 1. The number of esters is 1. The third-order valence-electron chi connectivity index (χ3n) is 2.80. The predicted octanol–water partition coefficient (Wildman–Crippen LogP) is 3.86. The van der Waals surface area contributed by atoms with Gasteiger partial charge in [-0.1, -0.05) is 35.4 Å². The van der Waals surface area contributed by atoms with Crippen molar-refractivity contribution in [3.63, 3.8) is 0 Å². The van der Waals surface area contributed by atoms with E-state index in [2.05, 4.69) is 34.4 Å². The molecule has 1 rings (SSSR count). The second-order valence-corrected chi connectivity index (χ2v) is 6.20. The number of halogens is 1. The molecule has 0 saturated heterocycles. The molecule has 0 aliphatic carbocycles. The van der Waals surface area contributed by atoms with E-state index in [-0.39, 0.29) is 5.97 Å². The summed E-state index contributed by atoms with van der Waals surface area (Å²) >= 11 is 2.36. The number of ether oxygens (including phenoxy) is 1. The van der Waals surface area contributed by atoms with E-state index in [0.717, 1.165) is 44.9 Å². The molecule has 0 fully saturated rings. The minimum atomic E-state index is -0.0298. The van der Waals surface area contributed by atoms with Crippen molar-refractivity contribution >= 4 is 28.6 Å². The largest absolute Gasteiger partial charge is 0.465 e. The Bertz CT molecular complexity index is 278. The molecule has 96 valence electrons. The van der Waals surface area contributed by atoms with Crippen LogP contribution in [0.4, 0.5) is 0 Å². The molecule has 0 spiro atoms. The standard InChI is InChI=1S/C14H21IO2/c15-13-10-8-6-4-2-1-3-5-7-9-11-14(16)17-12-13/h13H,1,3,5-12H2. The van der Waals surface area contributed by atoms with Crippen molar-refractivity contribution < 1.29 is 9.53 Å². The smallest absolute Gasteiger partial charge is 0.305 e. The van der Waals surface area contributed by atoms with E-state index in [9.17, 15) is 4.79 Å². The van der Waals surface area contributed by atoms with E-state index in [4.69, 9.17) is 4.74 Å². The quantitative estimate of drug-likeness (QED) is 0.288. The van der Waals surface area contributed by atoms with E-state index in [1.54, 1.807) is 0 Å². The van der Waals surface area contributed by atoms with Crippen LogP contribution in [0.1, 0.15) is 57.8 Å². The van der Waals surface area contributed by atoms with Crippen molar-refractivity contribution in [2.45, 2.75) is 61.7 Å². The summed E-state index contributed by atoms with van der Waals surface area (Å²) in [5.41, 5.74) is 0. The molecular formula is C14H21IO2. The van der Waals surface area contributed by atoms with Crippen LogP contribution in [0.25, 0.3) is 0 Å². The van der Waals surface area contributed by atoms with Crippen molar-refractivity contribution in [3.8, 4) is 11.8 Å². The van der Waals surface area contributed by atoms with E-state index in [1.165, 1.54) is 6.42 Å². The van der Waals surface area contributed by atoms with Crippen LogP contribution in [0, 0.1) is 11.8 Å². The van der Waals surface area contributed by atoms with Gasteiger partial charge in [0.1, 0.15) is 6.61 Å². The van der Waals surface area contributed by atoms with Crippen LogP contribution in [0.15, 0.2) is 0 Å². The molecule has 1 unspecified atom stereocenters. The van der Waals surface area contributed by atoms with Gasteiger partial charge in [0.05, 0.1) is 0 Å². The Hall–Kier alpha value is -0.240. The zero-order valence-electron chi connectivity index (χ0n) is 10.3. The molecule has 3 heteroatoms. The molecule has 1 aliphatic rings. The summed E-state index contributed by atoms with van der Waals surface area (Å²) in [5, 5.41) is 0. The van der Waals surface area contributed by atoms with E-state index < -0.39 is 0 Å². The summed E-state index contributed by atoms with van der Waals surface area (Å²) < 4.78 is 5.68. The lowest BCUT2D eigenvalue weighted by Crippen LogP contribution is -2.13. The number of hydrogen-bond acceptors (Lipinski definition) is 2. The minimum Gasteiger partial charge on any atom is -0.465 e. The van der Waals surface area contributed by atoms with Crippen molar-refractivity contribution in [1.82, 2.24) is 0 Å². The summed E-state index contributed by atoms with van der Waals surface area (Å²) in [5.74, 6) is 6.42. The second kappa shape index (κ2) is 9.76. The summed E-state index contributed by atoms with van der Waals surface area (Å²) in [4.78, 5) is 11.4. The maximum atomic E-state index is 11.4.